The highest BCUT2D eigenvalue weighted by molar-refractivity contribution is 6.04. The summed E-state index contributed by atoms with van der Waals surface area (Å²) in [5, 5.41) is 14.3. The molecule has 0 amide bonds. The molecule has 0 unspecified atom stereocenters. The molecule has 1 aromatic heterocycles. The van der Waals surface area contributed by atoms with Gasteiger partial charge >= 0.3 is 6.01 Å². The minimum absolute atomic E-state index is 0.00217. The lowest BCUT2D eigenvalue weighted by Crippen LogP contribution is -2.57. The molecule has 13 heteroatoms. The summed E-state index contributed by atoms with van der Waals surface area (Å²) in [7, 11) is 0. The van der Waals surface area contributed by atoms with Gasteiger partial charge in [0.05, 0.1) is 16.5 Å². The van der Waals surface area contributed by atoms with E-state index in [2.05, 4.69) is 21.2 Å². The van der Waals surface area contributed by atoms with E-state index in [1.807, 2.05) is 4.90 Å². The Kier molecular flexibility index (Phi) is 8.07. The van der Waals surface area contributed by atoms with E-state index < -0.39 is 60.1 Å². The molecule has 48 heavy (non-hydrogen) atoms. The van der Waals surface area contributed by atoms with Gasteiger partial charge in [-0.25, -0.2) is 26.3 Å². The summed E-state index contributed by atoms with van der Waals surface area (Å²) in [6.45, 7) is 0.939. The van der Waals surface area contributed by atoms with Crippen LogP contribution >= 0.6 is 0 Å². The van der Waals surface area contributed by atoms with Crippen LogP contribution < -0.4 is 15.0 Å². The predicted octanol–water partition coefficient (Wildman–Crippen LogP) is 6.19. The Morgan fingerprint density at radius 1 is 1.08 bits per heavy atom. The van der Waals surface area contributed by atoms with Gasteiger partial charge in [-0.1, -0.05) is 12.0 Å². The van der Waals surface area contributed by atoms with Crippen LogP contribution in [0.15, 0.2) is 30.3 Å². The number of nitrogens with one attached hydrogen (secondary N) is 1. The van der Waals surface area contributed by atoms with Crippen LogP contribution in [0, 0.1) is 35.2 Å². The molecule has 3 atom stereocenters. The molecule has 0 spiro atoms. The van der Waals surface area contributed by atoms with Gasteiger partial charge in [-0.2, -0.15) is 9.97 Å². The Morgan fingerprint density at radius 3 is 2.54 bits per heavy atom. The second kappa shape index (κ2) is 12.0. The standard InChI is InChI=1S/C35H33F6N5O2/c1-3-23-26(37)7-4-19-12-22(47)13-24(28(19)23)29-27(38)14-25-31(30(29)39)43-33(44-32(25)46-15-20-5-6-21(16-46)42-20)48-18-34(2)17-45(11-9-36)10-8-35(34,40)41/h1,4,7,12-14,20-21,42,47H,5-6,8-11,15-18H2,2H3/t20-,21+,34-/m0/s1. The van der Waals surface area contributed by atoms with E-state index in [0.29, 0.717) is 13.1 Å². The summed E-state index contributed by atoms with van der Waals surface area (Å²) < 4.78 is 97.3. The summed E-state index contributed by atoms with van der Waals surface area (Å²) in [6, 6.07) is 5.75. The molecule has 4 heterocycles. The number of nitrogens with zero attached hydrogens (tertiary/aromatic N) is 4. The molecular formula is C35H33F6N5O2. The highest BCUT2D eigenvalue weighted by Crippen LogP contribution is 2.45. The highest BCUT2D eigenvalue weighted by Gasteiger charge is 2.54. The number of terminal acetylenes is 1. The highest BCUT2D eigenvalue weighted by atomic mass is 19.3. The maximum absolute atomic E-state index is 16.8. The molecule has 0 aliphatic carbocycles. The number of alkyl halides is 3. The Bertz CT molecular complexity index is 1960. The lowest BCUT2D eigenvalue weighted by Gasteiger charge is -2.45. The number of likely N-dealkylation sites (tertiary alicyclic amines) is 1. The average Bonchev–Trinajstić information content (AvgIpc) is 3.39. The number of phenolic OH excluding ortho intramolecular Hbond substituents is 1. The van der Waals surface area contributed by atoms with Crippen LogP contribution in [0.1, 0.15) is 31.7 Å². The Hall–Kier alpha value is -4.28. The van der Waals surface area contributed by atoms with Gasteiger partial charge in [0.15, 0.2) is 5.82 Å². The van der Waals surface area contributed by atoms with Crippen molar-refractivity contribution in [2.75, 3.05) is 50.9 Å². The normalized spacial score (nSPS) is 23.9. The number of aromatic nitrogens is 2. The van der Waals surface area contributed by atoms with E-state index in [1.165, 1.54) is 19.1 Å². The Balaban J connectivity index is 1.38. The number of aromatic hydroxyl groups is 1. The molecule has 0 radical (unpaired) electrons. The lowest BCUT2D eigenvalue weighted by atomic mass is 9.79. The van der Waals surface area contributed by atoms with Crippen molar-refractivity contribution in [3.8, 4) is 35.2 Å². The average molecular weight is 670 g/mol. The van der Waals surface area contributed by atoms with E-state index in [1.54, 1.807) is 4.90 Å². The Morgan fingerprint density at radius 2 is 1.83 bits per heavy atom. The third-order valence-electron chi connectivity index (χ3n) is 9.94. The first-order valence-corrected chi connectivity index (χ1v) is 15.8. The molecule has 3 aliphatic rings. The minimum atomic E-state index is -3.15. The third-order valence-corrected chi connectivity index (χ3v) is 9.94. The lowest BCUT2D eigenvalue weighted by molar-refractivity contribution is -0.172. The second-order valence-electron chi connectivity index (χ2n) is 13.2. The van der Waals surface area contributed by atoms with Crippen molar-refractivity contribution in [1.29, 1.82) is 0 Å². The number of hydrogen-bond donors (Lipinski definition) is 2. The molecule has 0 saturated carbocycles. The van der Waals surface area contributed by atoms with Crippen molar-refractivity contribution in [2.24, 2.45) is 5.41 Å². The van der Waals surface area contributed by atoms with Gasteiger partial charge in [0.1, 0.15) is 42.0 Å². The molecule has 7 nitrogen and oxygen atoms in total. The number of benzene rings is 3. The van der Waals surface area contributed by atoms with E-state index in [-0.39, 0.29) is 76.1 Å². The zero-order valence-corrected chi connectivity index (χ0v) is 26.1. The van der Waals surface area contributed by atoms with Gasteiger partial charge in [0.2, 0.25) is 0 Å². The summed E-state index contributed by atoms with van der Waals surface area (Å²) in [6.07, 6.45) is 6.92. The van der Waals surface area contributed by atoms with E-state index in [4.69, 9.17) is 11.2 Å². The number of fused-ring (bicyclic) bond motifs is 4. The fourth-order valence-electron chi connectivity index (χ4n) is 7.42. The monoisotopic (exact) mass is 669 g/mol. The maximum Gasteiger partial charge on any atom is 0.319 e. The number of ether oxygens (including phenoxy) is 1. The number of hydrogen-bond acceptors (Lipinski definition) is 7. The van der Waals surface area contributed by atoms with Gasteiger partial charge in [-0.15, -0.1) is 6.42 Å². The summed E-state index contributed by atoms with van der Waals surface area (Å²) in [5.41, 5.74) is -3.15. The molecule has 2 bridgehead atoms. The first-order chi connectivity index (χ1) is 22.9. The van der Waals surface area contributed by atoms with Crippen LogP contribution in [0.3, 0.4) is 0 Å². The first-order valence-electron chi connectivity index (χ1n) is 15.8. The van der Waals surface area contributed by atoms with Crippen molar-refractivity contribution in [3.63, 3.8) is 0 Å². The van der Waals surface area contributed by atoms with Crippen molar-refractivity contribution < 1.29 is 36.2 Å². The van der Waals surface area contributed by atoms with Gasteiger partial charge in [0.25, 0.3) is 5.92 Å². The first kappa shape index (κ1) is 32.3. The predicted molar refractivity (Wildman–Crippen MR) is 170 cm³/mol. The van der Waals surface area contributed by atoms with Crippen LogP contribution in [-0.2, 0) is 0 Å². The molecule has 3 aliphatic heterocycles. The molecule has 3 saturated heterocycles. The van der Waals surface area contributed by atoms with Gasteiger partial charge in [-0.05, 0) is 49.4 Å². The van der Waals surface area contributed by atoms with Gasteiger partial charge < -0.3 is 20.1 Å². The number of anilines is 1. The topological polar surface area (TPSA) is 73.8 Å². The zero-order chi connectivity index (χ0) is 34.0. The summed E-state index contributed by atoms with van der Waals surface area (Å²) >= 11 is 0. The molecule has 3 fully saturated rings. The summed E-state index contributed by atoms with van der Waals surface area (Å²) in [4.78, 5) is 12.3. The number of phenols is 1. The SMILES string of the molecule is C#Cc1c(F)ccc2cc(O)cc(-c3c(F)cc4c(N5C[C@H]6CC[C@@H](C5)N6)nc(OC[C@]5(C)CN(CCF)CCC5(F)F)nc4c3F)c12. The quantitative estimate of drug-likeness (QED) is 0.180. The molecule has 2 N–H and O–H groups in total. The van der Waals surface area contributed by atoms with E-state index >= 15 is 17.6 Å². The van der Waals surface area contributed by atoms with Crippen molar-refractivity contribution >= 4 is 27.5 Å². The Labute approximate surface area is 272 Å². The van der Waals surface area contributed by atoms with Gasteiger partial charge in [0, 0.05) is 67.6 Å². The molecule has 7 rings (SSSR count). The number of piperidine rings is 1. The van der Waals surface area contributed by atoms with E-state index in [0.717, 1.165) is 31.0 Å². The van der Waals surface area contributed by atoms with Crippen LogP contribution in [0.5, 0.6) is 11.8 Å². The fourth-order valence-corrected chi connectivity index (χ4v) is 7.42. The third kappa shape index (κ3) is 5.44. The van der Waals surface area contributed by atoms with Crippen molar-refractivity contribution in [2.45, 2.75) is 44.2 Å². The minimum Gasteiger partial charge on any atom is -0.508 e. The molecule has 252 valence electrons. The molecule has 4 aromatic rings. The van der Waals surface area contributed by atoms with Gasteiger partial charge in [-0.3, -0.25) is 4.90 Å². The van der Waals surface area contributed by atoms with Crippen LogP contribution in [-0.4, -0.2) is 84.0 Å². The van der Waals surface area contributed by atoms with Crippen LogP contribution in [0.2, 0.25) is 0 Å². The number of halogens is 6. The van der Waals surface area contributed by atoms with Crippen molar-refractivity contribution in [1.82, 2.24) is 20.2 Å². The number of piperazine rings is 1. The zero-order valence-electron chi connectivity index (χ0n) is 26.1. The van der Waals surface area contributed by atoms with Crippen molar-refractivity contribution in [3.05, 3.63) is 53.3 Å². The number of rotatable bonds is 7. The van der Waals surface area contributed by atoms with E-state index in [9.17, 15) is 13.9 Å². The summed E-state index contributed by atoms with van der Waals surface area (Å²) in [5.74, 6) is -4.04. The van der Waals surface area contributed by atoms with Crippen LogP contribution in [0.25, 0.3) is 32.8 Å². The fraction of sp³-hybridized carbons (Fsp3) is 0.429. The van der Waals surface area contributed by atoms with Crippen LogP contribution in [0.4, 0.5) is 32.2 Å². The molecular weight excluding hydrogens is 636 g/mol. The molecule has 3 aromatic carbocycles. The second-order valence-corrected chi connectivity index (χ2v) is 13.2. The smallest absolute Gasteiger partial charge is 0.319 e. The maximum atomic E-state index is 16.8. The largest absolute Gasteiger partial charge is 0.508 e.